The van der Waals surface area contributed by atoms with Crippen LogP contribution in [0.5, 0.6) is 0 Å². The van der Waals surface area contributed by atoms with Crippen LogP contribution in [0.2, 0.25) is 0 Å². The Kier molecular flexibility index (Phi) is 5.39. The van der Waals surface area contributed by atoms with E-state index in [0.29, 0.717) is 12.1 Å². The Balaban J connectivity index is 1.67. The fraction of sp³-hybridized carbons (Fsp3) is 0.103. The second-order valence-electron chi connectivity index (χ2n) is 8.07. The predicted molar refractivity (Wildman–Crippen MR) is 127 cm³/mol. The van der Waals surface area contributed by atoms with Crippen molar-refractivity contribution >= 4 is 17.4 Å². The lowest BCUT2D eigenvalue weighted by molar-refractivity contribution is -0.122. The van der Waals surface area contributed by atoms with Gasteiger partial charge in [0.25, 0.3) is 0 Å². The van der Waals surface area contributed by atoms with Crippen LogP contribution in [-0.4, -0.2) is 11.7 Å². The van der Waals surface area contributed by atoms with E-state index < -0.39 is 5.92 Å². The van der Waals surface area contributed by atoms with E-state index >= 15 is 0 Å². The van der Waals surface area contributed by atoms with Crippen molar-refractivity contribution in [2.75, 3.05) is 4.90 Å². The van der Waals surface area contributed by atoms with Gasteiger partial charge in [-0.2, -0.15) is 0 Å². The van der Waals surface area contributed by atoms with E-state index in [-0.39, 0.29) is 17.6 Å². The molecule has 0 N–H and O–H groups in total. The van der Waals surface area contributed by atoms with E-state index in [9.17, 15) is 9.59 Å². The summed E-state index contributed by atoms with van der Waals surface area (Å²) in [7, 11) is 0. The fourth-order valence-electron chi connectivity index (χ4n) is 4.61. The standard InChI is InChI=1S/C29H23NO2/c31-28(23-16-8-3-9-17-23)27-26(22-14-6-2-7-15-22)24-18-10-11-19-25(24)30(29(27)32)20-21-12-4-1-5-13-21/h1-19,26-27H,20H2. The van der Waals surface area contributed by atoms with Crippen molar-refractivity contribution in [1.82, 2.24) is 0 Å². The van der Waals surface area contributed by atoms with Gasteiger partial charge in [-0.25, -0.2) is 0 Å². The maximum absolute atomic E-state index is 14.0. The van der Waals surface area contributed by atoms with Crippen molar-refractivity contribution < 1.29 is 9.59 Å². The van der Waals surface area contributed by atoms with Crippen molar-refractivity contribution in [3.63, 3.8) is 0 Å². The van der Waals surface area contributed by atoms with Gasteiger partial charge in [0.2, 0.25) is 5.91 Å². The summed E-state index contributed by atoms with van der Waals surface area (Å²) in [5, 5.41) is 0. The first-order valence-corrected chi connectivity index (χ1v) is 10.8. The number of rotatable bonds is 5. The van der Waals surface area contributed by atoms with Crippen molar-refractivity contribution in [2.24, 2.45) is 5.92 Å². The first-order valence-electron chi connectivity index (χ1n) is 10.8. The Bertz CT molecular complexity index is 1240. The van der Waals surface area contributed by atoms with Crippen LogP contribution < -0.4 is 4.90 Å². The molecule has 1 aliphatic rings. The van der Waals surface area contributed by atoms with Crippen LogP contribution in [0.4, 0.5) is 5.69 Å². The molecule has 4 aromatic rings. The molecule has 2 atom stereocenters. The molecular formula is C29H23NO2. The average molecular weight is 418 g/mol. The summed E-state index contributed by atoms with van der Waals surface area (Å²) >= 11 is 0. The number of hydrogen-bond acceptors (Lipinski definition) is 2. The summed E-state index contributed by atoms with van der Waals surface area (Å²) < 4.78 is 0. The minimum atomic E-state index is -0.821. The molecule has 3 nitrogen and oxygen atoms in total. The monoisotopic (exact) mass is 417 g/mol. The third kappa shape index (κ3) is 3.63. The Morgan fingerprint density at radius 3 is 1.94 bits per heavy atom. The SMILES string of the molecule is O=C(c1ccccc1)C1C(=O)N(Cc2ccccc2)c2ccccc2C1c1ccccc1. The molecule has 32 heavy (non-hydrogen) atoms. The number of nitrogens with zero attached hydrogens (tertiary/aromatic N) is 1. The molecule has 0 aliphatic carbocycles. The summed E-state index contributed by atoms with van der Waals surface area (Å²) in [6.07, 6.45) is 0. The molecule has 0 bridgehead atoms. The summed E-state index contributed by atoms with van der Waals surface area (Å²) in [4.78, 5) is 29.5. The molecule has 0 saturated carbocycles. The highest BCUT2D eigenvalue weighted by atomic mass is 16.2. The van der Waals surface area contributed by atoms with Crippen molar-refractivity contribution in [3.8, 4) is 0 Å². The minimum absolute atomic E-state index is 0.142. The molecule has 156 valence electrons. The lowest BCUT2D eigenvalue weighted by Crippen LogP contribution is -2.46. The molecule has 0 spiro atoms. The number of para-hydroxylation sites is 1. The minimum Gasteiger partial charge on any atom is -0.307 e. The number of amides is 1. The number of ketones is 1. The van der Waals surface area contributed by atoms with E-state index in [4.69, 9.17) is 0 Å². The second-order valence-corrected chi connectivity index (χ2v) is 8.07. The van der Waals surface area contributed by atoms with Crippen LogP contribution >= 0.6 is 0 Å². The number of benzene rings is 4. The molecular weight excluding hydrogens is 394 g/mol. The van der Waals surface area contributed by atoms with Crippen LogP contribution in [0.1, 0.15) is 33.0 Å². The van der Waals surface area contributed by atoms with Gasteiger partial charge >= 0.3 is 0 Å². The third-order valence-electron chi connectivity index (χ3n) is 6.11. The highest BCUT2D eigenvalue weighted by Gasteiger charge is 2.45. The summed E-state index contributed by atoms with van der Waals surface area (Å²) in [5.41, 5.74) is 4.43. The summed E-state index contributed by atoms with van der Waals surface area (Å²) in [6, 6.07) is 36.9. The van der Waals surface area contributed by atoms with Gasteiger partial charge in [-0.05, 0) is 22.8 Å². The molecule has 1 aliphatic heterocycles. The topological polar surface area (TPSA) is 37.4 Å². The molecule has 0 fully saturated rings. The lowest BCUT2D eigenvalue weighted by Gasteiger charge is -2.39. The van der Waals surface area contributed by atoms with Gasteiger partial charge in [-0.15, -0.1) is 0 Å². The third-order valence-corrected chi connectivity index (χ3v) is 6.11. The highest BCUT2D eigenvalue weighted by Crippen LogP contribution is 2.45. The summed E-state index contributed by atoms with van der Waals surface area (Å²) in [6.45, 7) is 0.427. The van der Waals surface area contributed by atoms with Crippen LogP contribution in [-0.2, 0) is 11.3 Å². The predicted octanol–water partition coefficient (Wildman–Crippen LogP) is 5.86. The van der Waals surface area contributed by atoms with Gasteiger partial charge in [-0.1, -0.05) is 109 Å². The number of carbonyl (C=O) groups excluding carboxylic acids is 2. The largest absolute Gasteiger partial charge is 0.307 e. The molecule has 4 aromatic carbocycles. The van der Waals surface area contributed by atoms with E-state index in [0.717, 1.165) is 22.4 Å². The van der Waals surface area contributed by atoms with Gasteiger partial charge in [-0.3, -0.25) is 9.59 Å². The normalized spacial score (nSPS) is 17.6. The van der Waals surface area contributed by atoms with E-state index in [1.54, 1.807) is 17.0 Å². The van der Waals surface area contributed by atoms with Gasteiger partial charge in [0, 0.05) is 17.2 Å². The molecule has 5 rings (SSSR count). The first kappa shape index (κ1) is 20.0. The van der Waals surface area contributed by atoms with Crippen LogP contribution in [0, 0.1) is 5.92 Å². The van der Waals surface area contributed by atoms with Crippen LogP contribution in [0.3, 0.4) is 0 Å². The Morgan fingerprint density at radius 1 is 0.688 bits per heavy atom. The molecule has 0 saturated heterocycles. The number of carbonyl (C=O) groups is 2. The molecule has 1 amide bonds. The van der Waals surface area contributed by atoms with E-state index in [1.165, 1.54) is 0 Å². The fourth-order valence-corrected chi connectivity index (χ4v) is 4.61. The van der Waals surface area contributed by atoms with Gasteiger partial charge < -0.3 is 4.90 Å². The zero-order valence-electron chi connectivity index (χ0n) is 17.6. The van der Waals surface area contributed by atoms with E-state index in [2.05, 4.69) is 0 Å². The maximum atomic E-state index is 14.0. The number of anilines is 1. The maximum Gasteiger partial charge on any atom is 0.239 e. The van der Waals surface area contributed by atoms with Crippen molar-refractivity contribution in [2.45, 2.75) is 12.5 Å². The Morgan fingerprint density at radius 2 is 1.25 bits per heavy atom. The molecule has 1 heterocycles. The average Bonchev–Trinajstić information content (AvgIpc) is 2.86. The molecule has 0 radical (unpaired) electrons. The smallest absolute Gasteiger partial charge is 0.239 e. The Hall–Kier alpha value is -3.98. The van der Waals surface area contributed by atoms with Crippen LogP contribution in [0.15, 0.2) is 115 Å². The zero-order chi connectivity index (χ0) is 21.9. The van der Waals surface area contributed by atoms with Gasteiger partial charge in [0.1, 0.15) is 5.92 Å². The molecule has 3 heteroatoms. The number of hydrogen-bond donors (Lipinski definition) is 0. The summed E-state index contributed by atoms with van der Waals surface area (Å²) in [5.74, 6) is -1.45. The molecule has 2 unspecified atom stereocenters. The zero-order valence-corrected chi connectivity index (χ0v) is 17.6. The Labute approximate surface area is 188 Å². The van der Waals surface area contributed by atoms with Gasteiger partial charge in [0.05, 0.1) is 6.54 Å². The van der Waals surface area contributed by atoms with Crippen molar-refractivity contribution in [1.29, 1.82) is 0 Å². The quantitative estimate of drug-likeness (QED) is 0.301. The van der Waals surface area contributed by atoms with Crippen molar-refractivity contribution in [3.05, 3.63) is 138 Å². The first-order chi connectivity index (χ1) is 15.7. The number of Topliss-reactive ketones (excluding diaryl/α,β-unsaturated/α-hetero) is 1. The number of fused-ring (bicyclic) bond motifs is 1. The van der Waals surface area contributed by atoms with Gasteiger partial charge in [0.15, 0.2) is 5.78 Å². The lowest BCUT2D eigenvalue weighted by atomic mass is 9.73. The van der Waals surface area contributed by atoms with E-state index in [1.807, 2.05) is 103 Å². The van der Waals surface area contributed by atoms with Crippen LogP contribution in [0.25, 0.3) is 0 Å². The highest BCUT2D eigenvalue weighted by molar-refractivity contribution is 6.17. The molecule has 0 aromatic heterocycles. The second kappa shape index (κ2) is 8.64.